The lowest BCUT2D eigenvalue weighted by atomic mass is 10.0. The summed E-state index contributed by atoms with van der Waals surface area (Å²) in [4.78, 5) is 7.25. The van der Waals surface area contributed by atoms with E-state index < -0.39 is 0 Å². The Morgan fingerprint density at radius 1 is 1.22 bits per heavy atom. The summed E-state index contributed by atoms with van der Waals surface area (Å²) in [6.45, 7) is 7.65. The molecule has 1 aliphatic carbocycles. The summed E-state index contributed by atoms with van der Waals surface area (Å²) < 4.78 is 0. The fourth-order valence-corrected chi connectivity index (χ4v) is 3.58. The van der Waals surface area contributed by atoms with E-state index in [1.54, 1.807) is 0 Å². The molecule has 1 unspecified atom stereocenters. The number of likely N-dealkylation sites (tertiary alicyclic amines) is 1. The second-order valence-corrected chi connectivity index (χ2v) is 6.89. The monoisotopic (exact) mass is 314 g/mol. The molecule has 1 saturated heterocycles. The molecule has 1 aromatic carbocycles. The van der Waals surface area contributed by atoms with Gasteiger partial charge in [0.2, 0.25) is 0 Å². The molecule has 1 atom stereocenters. The summed E-state index contributed by atoms with van der Waals surface area (Å²) in [5.74, 6) is 1.23. The van der Waals surface area contributed by atoms with E-state index in [2.05, 4.69) is 47.3 Å². The van der Waals surface area contributed by atoms with Gasteiger partial charge in [-0.05, 0) is 55.7 Å². The Kier molecular flexibility index (Phi) is 5.21. The zero-order valence-corrected chi connectivity index (χ0v) is 14.5. The largest absolute Gasteiger partial charge is 0.370 e. The summed E-state index contributed by atoms with van der Waals surface area (Å²) in [5.41, 5.74) is 9.94. The highest BCUT2D eigenvalue weighted by Gasteiger charge is 2.34. The van der Waals surface area contributed by atoms with Gasteiger partial charge in [0.1, 0.15) is 0 Å². The Morgan fingerprint density at radius 2 is 1.91 bits per heavy atom. The third-order valence-corrected chi connectivity index (χ3v) is 5.15. The lowest BCUT2D eigenvalue weighted by Crippen LogP contribution is -2.26. The van der Waals surface area contributed by atoms with Crippen LogP contribution >= 0.6 is 0 Å². The van der Waals surface area contributed by atoms with Crippen molar-refractivity contribution in [3.63, 3.8) is 0 Å². The topological polar surface area (TPSA) is 53.6 Å². The Hall–Kier alpha value is -1.55. The summed E-state index contributed by atoms with van der Waals surface area (Å²) in [6, 6.07) is 7.34. The molecule has 1 saturated carbocycles. The number of guanidine groups is 1. The molecule has 1 aliphatic heterocycles. The van der Waals surface area contributed by atoms with Gasteiger partial charge in [-0.2, -0.15) is 0 Å². The molecule has 3 N–H and O–H groups in total. The number of benzene rings is 1. The number of nitrogens with one attached hydrogen (secondary N) is 1. The number of aryl methyl sites for hydroxylation is 2. The zero-order chi connectivity index (χ0) is 16.2. The van der Waals surface area contributed by atoms with Crippen LogP contribution in [0.1, 0.15) is 44.2 Å². The maximum Gasteiger partial charge on any atom is 0.193 e. The van der Waals surface area contributed by atoms with Gasteiger partial charge in [0.15, 0.2) is 5.96 Å². The van der Waals surface area contributed by atoms with Crippen LogP contribution in [0.2, 0.25) is 0 Å². The molecule has 0 radical (unpaired) electrons. The average molecular weight is 314 g/mol. The minimum atomic E-state index is 0.561. The first-order valence-corrected chi connectivity index (χ1v) is 9.13. The van der Waals surface area contributed by atoms with Crippen LogP contribution in [0.15, 0.2) is 23.2 Å². The van der Waals surface area contributed by atoms with E-state index >= 15 is 0 Å². The summed E-state index contributed by atoms with van der Waals surface area (Å²) >= 11 is 0. The highest BCUT2D eigenvalue weighted by Crippen LogP contribution is 2.31. The third-order valence-electron chi connectivity index (χ3n) is 5.15. The molecule has 3 rings (SSSR count). The molecule has 1 heterocycles. The van der Waals surface area contributed by atoms with Crippen LogP contribution in [-0.2, 0) is 12.8 Å². The third kappa shape index (κ3) is 4.05. The van der Waals surface area contributed by atoms with Gasteiger partial charge >= 0.3 is 0 Å². The normalized spacial score (nSPS) is 22.5. The quantitative estimate of drug-likeness (QED) is 0.627. The number of nitrogens with two attached hydrogens (primary N) is 1. The van der Waals surface area contributed by atoms with Crippen LogP contribution in [0.4, 0.5) is 5.69 Å². The molecule has 1 aromatic rings. The van der Waals surface area contributed by atoms with E-state index in [1.165, 1.54) is 43.5 Å². The molecule has 23 heavy (non-hydrogen) atoms. The maximum absolute atomic E-state index is 6.16. The van der Waals surface area contributed by atoms with Crippen molar-refractivity contribution in [3.8, 4) is 0 Å². The van der Waals surface area contributed by atoms with Gasteiger partial charge in [0.25, 0.3) is 0 Å². The minimum Gasteiger partial charge on any atom is -0.370 e. The predicted octanol–water partition coefficient (Wildman–Crippen LogP) is 3.02. The smallest absolute Gasteiger partial charge is 0.193 e. The number of nitrogens with zero attached hydrogens (tertiary/aromatic N) is 2. The number of aliphatic imine (C=N–C) groups is 1. The van der Waals surface area contributed by atoms with Crippen LogP contribution in [0, 0.1) is 5.92 Å². The number of rotatable bonds is 6. The standard InChI is InChI=1S/C19H30N4/c1-3-15-6-5-7-16(4-2)18(15)22-19(20)21-12-14-10-11-23(13-14)17-8-9-17/h5-7,14,17H,3-4,8-13H2,1-2H3,(H3,20,21,22). The van der Waals surface area contributed by atoms with E-state index in [9.17, 15) is 0 Å². The zero-order valence-electron chi connectivity index (χ0n) is 14.5. The highest BCUT2D eigenvalue weighted by atomic mass is 15.2. The molecule has 4 nitrogen and oxygen atoms in total. The molecule has 2 aliphatic rings. The van der Waals surface area contributed by atoms with E-state index in [4.69, 9.17) is 5.73 Å². The molecule has 2 fully saturated rings. The van der Waals surface area contributed by atoms with Crippen LogP contribution in [0.3, 0.4) is 0 Å². The summed E-state index contributed by atoms with van der Waals surface area (Å²) in [7, 11) is 0. The molecule has 0 amide bonds. The number of anilines is 1. The predicted molar refractivity (Wildman–Crippen MR) is 98.0 cm³/mol. The van der Waals surface area contributed by atoms with Crippen molar-refractivity contribution < 1.29 is 0 Å². The Balaban J connectivity index is 1.59. The van der Waals surface area contributed by atoms with Crippen molar-refractivity contribution in [1.29, 1.82) is 0 Å². The number of para-hydroxylation sites is 1. The lowest BCUT2D eigenvalue weighted by Gasteiger charge is -2.16. The van der Waals surface area contributed by atoms with Crippen molar-refractivity contribution in [2.75, 3.05) is 25.0 Å². The Labute approximate surface area is 140 Å². The highest BCUT2D eigenvalue weighted by molar-refractivity contribution is 5.93. The van der Waals surface area contributed by atoms with Crippen molar-refractivity contribution in [1.82, 2.24) is 4.90 Å². The SMILES string of the molecule is CCc1cccc(CC)c1NC(N)=NCC1CCN(C2CC2)C1. The molecule has 126 valence electrons. The Bertz CT molecular complexity index is 540. The average Bonchev–Trinajstić information content (AvgIpc) is 3.31. The molecular weight excluding hydrogens is 284 g/mol. The molecule has 0 bridgehead atoms. The van der Waals surface area contributed by atoms with Gasteiger partial charge in [-0.25, -0.2) is 0 Å². The van der Waals surface area contributed by atoms with E-state index in [0.29, 0.717) is 11.9 Å². The first-order chi connectivity index (χ1) is 11.2. The minimum absolute atomic E-state index is 0.561. The second kappa shape index (κ2) is 7.35. The van der Waals surface area contributed by atoms with Crippen LogP contribution in [-0.4, -0.2) is 36.5 Å². The maximum atomic E-state index is 6.16. The first kappa shape index (κ1) is 16.3. The fourth-order valence-electron chi connectivity index (χ4n) is 3.58. The van der Waals surface area contributed by atoms with Gasteiger partial charge < -0.3 is 16.0 Å². The van der Waals surface area contributed by atoms with E-state index in [-0.39, 0.29) is 0 Å². The van der Waals surface area contributed by atoms with E-state index in [1.807, 2.05) is 0 Å². The second-order valence-electron chi connectivity index (χ2n) is 6.89. The van der Waals surface area contributed by atoms with Gasteiger partial charge in [-0.15, -0.1) is 0 Å². The molecular formula is C19H30N4. The van der Waals surface area contributed by atoms with Crippen molar-refractivity contribution in [3.05, 3.63) is 29.3 Å². The Morgan fingerprint density at radius 3 is 2.52 bits per heavy atom. The van der Waals surface area contributed by atoms with Gasteiger partial charge in [0, 0.05) is 24.8 Å². The van der Waals surface area contributed by atoms with Crippen LogP contribution < -0.4 is 11.1 Å². The van der Waals surface area contributed by atoms with Crippen molar-refractivity contribution in [2.45, 2.75) is 52.0 Å². The summed E-state index contributed by atoms with van der Waals surface area (Å²) in [5, 5.41) is 3.37. The van der Waals surface area contributed by atoms with Crippen molar-refractivity contribution in [2.24, 2.45) is 16.6 Å². The first-order valence-electron chi connectivity index (χ1n) is 9.13. The van der Waals surface area contributed by atoms with Gasteiger partial charge in [-0.1, -0.05) is 32.0 Å². The van der Waals surface area contributed by atoms with Gasteiger partial charge in [0.05, 0.1) is 0 Å². The van der Waals surface area contributed by atoms with Crippen LogP contribution in [0.25, 0.3) is 0 Å². The summed E-state index contributed by atoms with van der Waals surface area (Å²) in [6.07, 6.45) is 6.06. The van der Waals surface area contributed by atoms with E-state index in [0.717, 1.165) is 31.1 Å². The van der Waals surface area contributed by atoms with Crippen LogP contribution in [0.5, 0.6) is 0 Å². The number of hydrogen-bond acceptors (Lipinski definition) is 2. The fraction of sp³-hybridized carbons (Fsp3) is 0.632. The number of hydrogen-bond donors (Lipinski definition) is 2. The molecule has 4 heteroatoms. The van der Waals surface area contributed by atoms with Crippen molar-refractivity contribution >= 4 is 11.6 Å². The lowest BCUT2D eigenvalue weighted by molar-refractivity contribution is 0.315. The van der Waals surface area contributed by atoms with Gasteiger partial charge in [-0.3, -0.25) is 4.99 Å². The molecule has 0 aromatic heterocycles. The molecule has 0 spiro atoms.